The Morgan fingerprint density at radius 3 is 2.37 bits per heavy atom. The van der Waals surface area contributed by atoms with Gasteiger partial charge in [0.15, 0.2) is 5.82 Å². The molecule has 0 unspecified atom stereocenters. The van der Waals surface area contributed by atoms with Crippen LogP contribution >= 0.6 is 11.6 Å². The van der Waals surface area contributed by atoms with Crippen molar-refractivity contribution >= 4 is 23.4 Å². The van der Waals surface area contributed by atoms with E-state index >= 15 is 0 Å². The van der Waals surface area contributed by atoms with E-state index in [1.807, 2.05) is 7.05 Å². The lowest BCUT2D eigenvalue weighted by atomic mass is 10.1. The standard InChI is InChI=1S/C13H22ClN5/c1-13(2,3)19-7-5-18(6-8-19)11-10(14)9-16-12(15-4)17-11/h9H,5-8H2,1-4H3,(H,15,16,17). The Balaban J connectivity index is 2.09. The summed E-state index contributed by atoms with van der Waals surface area (Å²) >= 11 is 6.20. The normalized spacial score (nSPS) is 17.6. The lowest BCUT2D eigenvalue weighted by Gasteiger charge is -2.42. The molecule has 2 rings (SSSR count). The highest BCUT2D eigenvalue weighted by atomic mass is 35.5. The Morgan fingerprint density at radius 1 is 1.21 bits per heavy atom. The summed E-state index contributed by atoms with van der Waals surface area (Å²) in [6, 6.07) is 0. The molecule has 1 saturated heterocycles. The molecule has 0 aliphatic carbocycles. The van der Waals surface area contributed by atoms with Gasteiger partial charge in [0, 0.05) is 38.8 Å². The van der Waals surface area contributed by atoms with Crippen molar-refractivity contribution in [1.82, 2.24) is 14.9 Å². The fourth-order valence-corrected chi connectivity index (χ4v) is 2.50. The van der Waals surface area contributed by atoms with Crippen LogP contribution in [0.5, 0.6) is 0 Å². The molecule has 19 heavy (non-hydrogen) atoms. The molecule has 1 aliphatic heterocycles. The molecule has 106 valence electrons. The van der Waals surface area contributed by atoms with Crippen molar-refractivity contribution in [3.63, 3.8) is 0 Å². The Morgan fingerprint density at radius 2 is 1.84 bits per heavy atom. The maximum Gasteiger partial charge on any atom is 0.224 e. The molecular weight excluding hydrogens is 262 g/mol. The highest BCUT2D eigenvalue weighted by Gasteiger charge is 2.27. The number of hydrogen-bond acceptors (Lipinski definition) is 5. The van der Waals surface area contributed by atoms with Gasteiger partial charge in [0.25, 0.3) is 0 Å². The molecular formula is C13H22ClN5. The minimum atomic E-state index is 0.220. The van der Waals surface area contributed by atoms with Gasteiger partial charge in [-0.05, 0) is 20.8 Å². The topological polar surface area (TPSA) is 44.3 Å². The average molecular weight is 284 g/mol. The number of halogens is 1. The van der Waals surface area contributed by atoms with Gasteiger partial charge in [0.2, 0.25) is 5.95 Å². The van der Waals surface area contributed by atoms with E-state index in [-0.39, 0.29) is 5.54 Å². The van der Waals surface area contributed by atoms with Crippen molar-refractivity contribution in [3.05, 3.63) is 11.2 Å². The van der Waals surface area contributed by atoms with Gasteiger partial charge in [-0.1, -0.05) is 11.6 Å². The maximum atomic E-state index is 6.20. The number of piperazine rings is 1. The molecule has 0 atom stereocenters. The molecule has 0 saturated carbocycles. The molecule has 1 aliphatic rings. The van der Waals surface area contributed by atoms with Gasteiger partial charge in [-0.25, -0.2) is 4.98 Å². The van der Waals surface area contributed by atoms with Crippen LogP contribution in [0, 0.1) is 0 Å². The number of aromatic nitrogens is 2. The first-order chi connectivity index (χ1) is 8.91. The van der Waals surface area contributed by atoms with E-state index in [4.69, 9.17) is 11.6 Å². The van der Waals surface area contributed by atoms with Crippen LogP contribution in [0.1, 0.15) is 20.8 Å². The van der Waals surface area contributed by atoms with E-state index in [1.54, 1.807) is 6.20 Å². The number of hydrogen-bond donors (Lipinski definition) is 1. The van der Waals surface area contributed by atoms with E-state index < -0.39 is 0 Å². The lowest BCUT2D eigenvalue weighted by molar-refractivity contribution is 0.128. The Kier molecular flexibility index (Phi) is 4.16. The maximum absolute atomic E-state index is 6.20. The summed E-state index contributed by atoms with van der Waals surface area (Å²) in [5.41, 5.74) is 0.220. The van der Waals surface area contributed by atoms with Crippen molar-refractivity contribution in [2.75, 3.05) is 43.4 Å². The zero-order valence-electron chi connectivity index (χ0n) is 12.1. The van der Waals surface area contributed by atoms with Crippen molar-refractivity contribution in [2.24, 2.45) is 0 Å². The first-order valence-corrected chi connectivity index (χ1v) is 7.00. The van der Waals surface area contributed by atoms with Crippen molar-refractivity contribution < 1.29 is 0 Å². The molecule has 1 aromatic heterocycles. The van der Waals surface area contributed by atoms with Gasteiger partial charge in [-0.15, -0.1) is 0 Å². The minimum absolute atomic E-state index is 0.220. The third-order valence-corrected chi connectivity index (χ3v) is 3.74. The highest BCUT2D eigenvalue weighted by molar-refractivity contribution is 6.32. The van der Waals surface area contributed by atoms with Gasteiger partial charge in [0.05, 0.1) is 6.20 Å². The molecule has 6 heteroatoms. The van der Waals surface area contributed by atoms with Crippen LogP contribution < -0.4 is 10.2 Å². The summed E-state index contributed by atoms with van der Waals surface area (Å²) in [7, 11) is 1.81. The summed E-state index contributed by atoms with van der Waals surface area (Å²) in [6.07, 6.45) is 1.66. The summed E-state index contributed by atoms with van der Waals surface area (Å²) < 4.78 is 0. The van der Waals surface area contributed by atoms with E-state index in [0.29, 0.717) is 11.0 Å². The number of rotatable bonds is 2. The predicted octanol–water partition coefficient (Wildman–Crippen LogP) is 2.09. The second kappa shape index (κ2) is 5.51. The third-order valence-electron chi connectivity index (χ3n) is 3.48. The van der Waals surface area contributed by atoms with Crippen LogP contribution in [-0.2, 0) is 0 Å². The third kappa shape index (κ3) is 3.28. The van der Waals surface area contributed by atoms with Gasteiger partial charge in [0.1, 0.15) is 5.02 Å². The van der Waals surface area contributed by atoms with Gasteiger partial charge < -0.3 is 10.2 Å². The molecule has 5 nitrogen and oxygen atoms in total. The van der Waals surface area contributed by atoms with Crippen LogP contribution in [0.3, 0.4) is 0 Å². The second-order valence-electron chi connectivity index (χ2n) is 5.76. The number of nitrogens with zero attached hydrogens (tertiary/aromatic N) is 4. The molecule has 0 amide bonds. The Bertz CT molecular complexity index is 435. The second-order valence-corrected chi connectivity index (χ2v) is 6.17. The highest BCUT2D eigenvalue weighted by Crippen LogP contribution is 2.26. The molecule has 1 aromatic rings. The lowest BCUT2D eigenvalue weighted by Crippen LogP contribution is -2.53. The number of nitrogens with one attached hydrogen (secondary N) is 1. The van der Waals surface area contributed by atoms with Crippen molar-refractivity contribution in [3.8, 4) is 0 Å². The zero-order chi connectivity index (χ0) is 14.0. The van der Waals surface area contributed by atoms with Crippen molar-refractivity contribution in [1.29, 1.82) is 0 Å². The Hall–Kier alpha value is -1.07. The van der Waals surface area contributed by atoms with E-state index in [9.17, 15) is 0 Å². The molecule has 0 spiro atoms. The van der Waals surface area contributed by atoms with Crippen molar-refractivity contribution in [2.45, 2.75) is 26.3 Å². The summed E-state index contributed by atoms with van der Waals surface area (Å²) in [4.78, 5) is 13.3. The zero-order valence-corrected chi connectivity index (χ0v) is 12.8. The monoisotopic (exact) mass is 283 g/mol. The average Bonchev–Trinajstić information content (AvgIpc) is 2.38. The molecule has 0 radical (unpaired) electrons. The molecule has 1 fully saturated rings. The molecule has 0 bridgehead atoms. The molecule has 1 N–H and O–H groups in total. The quantitative estimate of drug-likeness (QED) is 0.900. The first kappa shape index (κ1) is 14.3. The first-order valence-electron chi connectivity index (χ1n) is 6.62. The van der Waals surface area contributed by atoms with Crippen LogP contribution in [0.4, 0.5) is 11.8 Å². The van der Waals surface area contributed by atoms with Crippen LogP contribution in [0.25, 0.3) is 0 Å². The molecule has 2 heterocycles. The van der Waals surface area contributed by atoms with Crippen LogP contribution in [0.15, 0.2) is 6.20 Å². The summed E-state index contributed by atoms with van der Waals surface area (Å²) in [5.74, 6) is 1.44. The Labute approximate surface area is 120 Å². The van der Waals surface area contributed by atoms with E-state index in [2.05, 4.69) is 45.9 Å². The minimum Gasteiger partial charge on any atom is -0.357 e. The molecule has 0 aromatic carbocycles. The summed E-state index contributed by atoms with van der Waals surface area (Å²) in [6.45, 7) is 10.7. The number of anilines is 2. The predicted molar refractivity (Wildman–Crippen MR) is 80.1 cm³/mol. The van der Waals surface area contributed by atoms with Crippen LogP contribution in [0.2, 0.25) is 5.02 Å². The SMILES string of the molecule is CNc1ncc(Cl)c(N2CCN(C(C)(C)C)CC2)n1. The van der Waals surface area contributed by atoms with Gasteiger partial charge in [-0.3, -0.25) is 4.90 Å². The van der Waals surface area contributed by atoms with E-state index in [1.165, 1.54) is 0 Å². The van der Waals surface area contributed by atoms with Crippen LogP contribution in [-0.4, -0.2) is 53.6 Å². The van der Waals surface area contributed by atoms with E-state index in [0.717, 1.165) is 32.0 Å². The summed E-state index contributed by atoms with van der Waals surface area (Å²) in [5, 5.41) is 3.56. The fraction of sp³-hybridized carbons (Fsp3) is 0.692. The smallest absolute Gasteiger partial charge is 0.224 e. The van der Waals surface area contributed by atoms with Gasteiger partial charge in [-0.2, -0.15) is 4.98 Å². The van der Waals surface area contributed by atoms with Gasteiger partial charge >= 0.3 is 0 Å². The largest absolute Gasteiger partial charge is 0.357 e. The fourth-order valence-electron chi connectivity index (χ4n) is 2.29.